The molecule has 0 saturated carbocycles. The van der Waals surface area contributed by atoms with Crippen LogP contribution in [0.3, 0.4) is 0 Å². The Balaban J connectivity index is 2.79. The van der Waals surface area contributed by atoms with Crippen LogP contribution < -0.4 is 16.8 Å². The summed E-state index contributed by atoms with van der Waals surface area (Å²) >= 11 is 5.74. The third-order valence-electron chi connectivity index (χ3n) is 1.61. The fourth-order valence-electron chi connectivity index (χ4n) is 1.03. The van der Waals surface area contributed by atoms with Crippen LogP contribution in [0.5, 0.6) is 0 Å². The van der Waals surface area contributed by atoms with Gasteiger partial charge in [0.1, 0.15) is 0 Å². The summed E-state index contributed by atoms with van der Waals surface area (Å²) < 4.78 is 0. The molecule has 5 heteroatoms. The first-order chi connectivity index (χ1) is 6.63. The highest BCUT2D eigenvalue weighted by atomic mass is 35.5. The predicted molar refractivity (Wildman–Crippen MR) is 57.3 cm³/mol. The first-order valence-electron chi connectivity index (χ1n) is 4.18. The third kappa shape index (κ3) is 2.90. The molecule has 0 aliphatic rings. The third-order valence-corrected chi connectivity index (χ3v) is 1.83. The molecule has 0 bridgehead atoms. The van der Waals surface area contributed by atoms with Gasteiger partial charge in [-0.05, 0) is 18.2 Å². The number of halogens is 1. The van der Waals surface area contributed by atoms with E-state index in [4.69, 9.17) is 23.1 Å². The minimum atomic E-state index is -0.218. The van der Waals surface area contributed by atoms with Crippen molar-refractivity contribution in [2.45, 2.75) is 0 Å². The Morgan fingerprint density at radius 1 is 1.43 bits per heavy atom. The van der Waals surface area contributed by atoms with Crippen molar-refractivity contribution in [1.29, 1.82) is 0 Å². The number of carbonyl (C=O) groups excluding carboxylic acids is 1. The zero-order chi connectivity index (χ0) is 10.6. The van der Waals surface area contributed by atoms with Gasteiger partial charge < -0.3 is 16.8 Å². The number of hydrogen-bond acceptors (Lipinski definition) is 3. The lowest BCUT2D eigenvalue weighted by Gasteiger charge is -2.04. The second-order valence-corrected chi connectivity index (χ2v) is 3.25. The second kappa shape index (κ2) is 4.83. The van der Waals surface area contributed by atoms with E-state index in [-0.39, 0.29) is 5.91 Å². The molecule has 76 valence electrons. The van der Waals surface area contributed by atoms with Gasteiger partial charge in [0.05, 0.1) is 0 Å². The lowest BCUT2D eigenvalue weighted by molar-refractivity contribution is 0.0955. The molecule has 0 spiro atoms. The first-order valence-corrected chi connectivity index (χ1v) is 4.55. The molecule has 0 heterocycles. The summed E-state index contributed by atoms with van der Waals surface area (Å²) in [4.78, 5) is 11.4. The standard InChI is InChI=1S/C9H12ClN3O/c10-7-3-6(4-8(12)5-7)9(14)13-2-1-11/h3-5H,1-2,11-12H2,(H,13,14). The van der Waals surface area contributed by atoms with Gasteiger partial charge in [-0.3, -0.25) is 4.79 Å². The normalized spacial score (nSPS) is 9.86. The average molecular weight is 214 g/mol. The molecule has 0 atom stereocenters. The van der Waals surface area contributed by atoms with E-state index in [2.05, 4.69) is 5.32 Å². The maximum atomic E-state index is 11.4. The molecular weight excluding hydrogens is 202 g/mol. The lowest BCUT2D eigenvalue weighted by Crippen LogP contribution is -2.29. The van der Waals surface area contributed by atoms with E-state index >= 15 is 0 Å². The van der Waals surface area contributed by atoms with Crippen LogP contribution in [0.25, 0.3) is 0 Å². The van der Waals surface area contributed by atoms with E-state index in [0.29, 0.717) is 29.4 Å². The van der Waals surface area contributed by atoms with Crippen molar-refractivity contribution in [3.8, 4) is 0 Å². The van der Waals surface area contributed by atoms with Gasteiger partial charge in [0.2, 0.25) is 0 Å². The van der Waals surface area contributed by atoms with Crippen molar-refractivity contribution in [2.75, 3.05) is 18.8 Å². The summed E-state index contributed by atoms with van der Waals surface area (Å²) in [6.45, 7) is 0.840. The number of nitrogens with one attached hydrogen (secondary N) is 1. The number of nitrogen functional groups attached to an aromatic ring is 1. The van der Waals surface area contributed by atoms with E-state index in [9.17, 15) is 4.79 Å². The van der Waals surface area contributed by atoms with Gasteiger partial charge in [0.25, 0.3) is 5.91 Å². The number of nitrogens with two attached hydrogens (primary N) is 2. The van der Waals surface area contributed by atoms with Crippen molar-refractivity contribution in [1.82, 2.24) is 5.32 Å². The molecule has 1 amide bonds. The smallest absolute Gasteiger partial charge is 0.251 e. The maximum absolute atomic E-state index is 11.4. The topological polar surface area (TPSA) is 81.1 Å². The molecule has 0 unspecified atom stereocenters. The number of benzene rings is 1. The van der Waals surface area contributed by atoms with Crippen LogP contribution in [0.1, 0.15) is 10.4 Å². The van der Waals surface area contributed by atoms with Gasteiger partial charge in [-0.1, -0.05) is 11.6 Å². The lowest BCUT2D eigenvalue weighted by atomic mass is 10.2. The van der Waals surface area contributed by atoms with Gasteiger partial charge in [-0.15, -0.1) is 0 Å². The Kier molecular flexibility index (Phi) is 3.73. The predicted octanol–water partition coefficient (Wildman–Crippen LogP) is 0.611. The molecule has 0 fully saturated rings. The molecule has 5 N–H and O–H groups in total. The Bertz CT molecular complexity index is 321. The molecule has 1 rings (SSSR count). The van der Waals surface area contributed by atoms with Crippen molar-refractivity contribution >= 4 is 23.2 Å². The summed E-state index contributed by atoms with van der Waals surface area (Å²) in [6.07, 6.45) is 0. The highest BCUT2D eigenvalue weighted by Crippen LogP contribution is 2.16. The van der Waals surface area contributed by atoms with E-state index in [1.165, 1.54) is 0 Å². The molecule has 14 heavy (non-hydrogen) atoms. The van der Waals surface area contributed by atoms with E-state index in [1.807, 2.05) is 0 Å². The SMILES string of the molecule is NCCNC(=O)c1cc(N)cc(Cl)c1. The van der Waals surface area contributed by atoms with Crippen LogP contribution >= 0.6 is 11.6 Å². The molecule has 4 nitrogen and oxygen atoms in total. The Hall–Kier alpha value is -1.26. The van der Waals surface area contributed by atoms with E-state index in [0.717, 1.165) is 0 Å². The fraction of sp³-hybridized carbons (Fsp3) is 0.222. The summed E-state index contributed by atoms with van der Waals surface area (Å²) in [7, 11) is 0. The first kappa shape index (κ1) is 10.8. The summed E-state index contributed by atoms with van der Waals surface area (Å²) in [5, 5.41) is 3.07. The summed E-state index contributed by atoms with van der Waals surface area (Å²) in [6, 6.07) is 4.71. The van der Waals surface area contributed by atoms with Gasteiger partial charge in [-0.2, -0.15) is 0 Å². The molecule has 1 aromatic rings. The minimum Gasteiger partial charge on any atom is -0.399 e. The molecule has 1 aromatic carbocycles. The highest BCUT2D eigenvalue weighted by molar-refractivity contribution is 6.31. The maximum Gasteiger partial charge on any atom is 0.251 e. The Morgan fingerprint density at radius 2 is 2.14 bits per heavy atom. The van der Waals surface area contributed by atoms with Gasteiger partial charge >= 0.3 is 0 Å². The van der Waals surface area contributed by atoms with Gasteiger partial charge in [0.15, 0.2) is 0 Å². The largest absolute Gasteiger partial charge is 0.399 e. The van der Waals surface area contributed by atoms with E-state index in [1.54, 1.807) is 18.2 Å². The van der Waals surface area contributed by atoms with Crippen molar-refractivity contribution in [3.05, 3.63) is 28.8 Å². The Labute approximate surface area is 87.2 Å². The molecule has 0 aromatic heterocycles. The monoisotopic (exact) mass is 213 g/mol. The fourth-order valence-corrected chi connectivity index (χ4v) is 1.27. The van der Waals surface area contributed by atoms with Gasteiger partial charge in [0, 0.05) is 29.4 Å². The molecule has 0 radical (unpaired) electrons. The van der Waals surface area contributed by atoms with Crippen molar-refractivity contribution in [2.24, 2.45) is 5.73 Å². The number of hydrogen-bond donors (Lipinski definition) is 3. The molecule has 0 aliphatic carbocycles. The summed E-state index contributed by atoms with van der Waals surface area (Å²) in [5.74, 6) is -0.218. The zero-order valence-electron chi connectivity index (χ0n) is 7.59. The number of carbonyl (C=O) groups is 1. The average Bonchev–Trinajstić information content (AvgIpc) is 2.12. The molecular formula is C9H12ClN3O. The molecule has 0 aliphatic heterocycles. The second-order valence-electron chi connectivity index (χ2n) is 2.82. The summed E-state index contributed by atoms with van der Waals surface area (Å²) in [5.41, 5.74) is 11.7. The molecule has 0 saturated heterocycles. The number of rotatable bonds is 3. The number of anilines is 1. The van der Waals surface area contributed by atoms with Crippen LogP contribution in [0.4, 0.5) is 5.69 Å². The zero-order valence-corrected chi connectivity index (χ0v) is 8.34. The van der Waals surface area contributed by atoms with Crippen LogP contribution in [0.15, 0.2) is 18.2 Å². The van der Waals surface area contributed by atoms with Crippen molar-refractivity contribution < 1.29 is 4.79 Å². The van der Waals surface area contributed by atoms with E-state index < -0.39 is 0 Å². The van der Waals surface area contributed by atoms with Gasteiger partial charge in [-0.25, -0.2) is 0 Å². The minimum absolute atomic E-state index is 0.218. The number of amides is 1. The highest BCUT2D eigenvalue weighted by Gasteiger charge is 2.05. The van der Waals surface area contributed by atoms with Crippen LogP contribution in [0, 0.1) is 0 Å². The Morgan fingerprint density at radius 3 is 2.71 bits per heavy atom. The van der Waals surface area contributed by atoms with Crippen LogP contribution in [-0.2, 0) is 0 Å². The van der Waals surface area contributed by atoms with Crippen LogP contribution in [0.2, 0.25) is 5.02 Å². The van der Waals surface area contributed by atoms with Crippen LogP contribution in [-0.4, -0.2) is 19.0 Å². The van der Waals surface area contributed by atoms with Crippen molar-refractivity contribution in [3.63, 3.8) is 0 Å². The quantitative estimate of drug-likeness (QED) is 0.644.